The van der Waals surface area contributed by atoms with Crippen molar-refractivity contribution in [3.05, 3.63) is 49.2 Å². The molecule has 0 aliphatic heterocycles. The van der Waals surface area contributed by atoms with E-state index < -0.39 is 0 Å². The van der Waals surface area contributed by atoms with Gasteiger partial charge in [-0.3, -0.25) is 9.48 Å². The molecule has 27 heavy (non-hydrogen) atoms. The molecule has 7 heteroatoms. The van der Waals surface area contributed by atoms with Crippen molar-refractivity contribution in [2.75, 3.05) is 7.05 Å². The number of aromatic nitrogens is 5. The van der Waals surface area contributed by atoms with Gasteiger partial charge in [0.1, 0.15) is 0 Å². The molecule has 1 aliphatic rings. The SMILES string of the molecule is C=CC(=O)N(C)[C@@H]1CCC[C@H](c2nc(-c3cnn(C)c3)cn3nccc23)C1. The van der Waals surface area contributed by atoms with Crippen molar-refractivity contribution in [2.45, 2.75) is 37.6 Å². The number of carbonyl (C=O) groups is 1. The number of nitrogens with zero attached hydrogens (tertiary/aromatic N) is 6. The quantitative estimate of drug-likeness (QED) is 0.668. The molecule has 0 bridgehead atoms. The van der Waals surface area contributed by atoms with Gasteiger partial charge in [0.2, 0.25) is 5.91 Å². The van der Waals surface area contributed by atoms with Gasteiger partial charge in [-0.1, -0.05) is 13.0 Å². The molecule has 2 atom stereocenters. The summed E-state index contributed by atoms with van der Waals surface area (Å²) in [6.45, 7) is 3.61. The maximum Gasteiger partial charge on any atom is 0.245 e. The van der Waals surface area contributed by atoms with Crippen molar-refractivity contribution < 1.29 is 4.79 Å². The van der Waals surface area contributed by atoms with E-state index in [2.05, 4.69) is 16.8 Å². The summed E-state index contributed by atoms with van der Waals surface area (Å²) in [6, 6.07) is 2.22. The monoisotopic (exact) mass is 364 g/mol. The van der Waals surface area contributed by atoms with Gasteiger partial charge in [0.25, 0.3) is 0 Å². The van der Waals surface area contributed by atoms with Crippen LogP contribution in [0, 0.1) is 0 Å². The van der Waals surface area contributed by atoms with Crippen molar-refractivity contribution in [1.29, 1.82) is 0 Å². The highest BCUT2D eigenvalue weighted by atomic mass is 16.2. The third kappa shape index (κ3) is 3.25. The average Bonchev–Trinajstić information content (AvgIpc) is 3.34. The summed E-state index contributed by atoms with van der Waals surface area (Å²) in [4.78, 5) is 18.9. The molecule has 7 nitrogen and oxygen atoms in total. The highest BCUT2D eigenvalue weighted by Crippen LogP contribution is 2.36. The largest absolute Gasteiger partial charge is 0.339 e. The van der Waals surface area contributed by atoms with Crippen molar-refractivity contribution in [3.8, 4) is 11.3 Å². The van der Waals surface area contributed by atoms with Gasteiger partial charge < -0.3 is 4.90 Å². The predicted molar refractivity (Wildman–Crippen MR) is 103 cm³/mol. The lowest BCUT2D eigenvalue weighted by molar-refractivity contribution is -0.127. The second kappa shape index (κ2) is 6.98. The minimum absolute atomic E-state index is 0.0211. The van der Waals surface area contributed by atoms with Crippen molar-refractivity contribution in [2.24, 2.45) is 7.05 Å². The number of carbonyl (C=O) groups excluding carboxylic acids is 1. The second-order valence-electron chi connectivity index (χ2n) is 7.25. The molecule has 3 heterocycles. The summed E-state index contributed by atoms with van der Waals surface area (Å²) in [5.74, 6) is 0.270. The first-order chi connectivity index (χ1) is 13.1. The molecule has 140 valence electrons. The van der Waals surface area contributed by atoms with Gasteiger partial charge in [0.05, 0.1) is 35.5 Å². The predicted octanol–water partition coefficient (Wildman–Crippen LogP) is 2.80. The second-order valence-corrected chi connectivity index (χ2v) is 7.25. The van der Waals surface area contributed by atoms with Crippen LogP contribution in [0.2, 0.25) is 0 Å². The molecule has 1 saturated carbocycles. The Bertz CT molecular complexity index is 987. The Labute approximate surface area is 158 Å². The first kappa shape index (κ1) is 17.5. The van der Waals surface area contributed by atoms with E-state index in [9.17, 15) is 4.79 Å². The van der Waals surface area contributed by atoms with Crippen LogP contribution in [0.15, 0.2) is 43.5 Å². The first-order valence-electron chi connectivity index (χ1n) is 9.29. The smallest absolute Gasteiger partial charge is 0.245 e. The maximum absolute atomic E-state index is 12.0. The van der Waals surface area contributed by atoms with E-state index in [0.717, 1.165) is 48.2 Å². The Morgan fingerprint density at radius 2 is 2.19 bits per heavy atom. The molecular formula is C20H24N6O. The average molecular weight is 364 g/mol. The van der Waals surface area contributed by atoms with Crippen LogP contribution in [-0.2, 0) is 11.8 Å². The Hall–Kier alpha value is -2.96. The zero-order valence-corrected chi connectivity index (χ0v) is 15.7. The number of hydrogen-bond acceptors (Lipinski definition) is 4. The van der Waals surface area contributed by atoms with Crippen LogP contribution in [0.25, 0.3) is 16.8 Å². The van der Waals surface area contributed by atoms with Gasteiger partial charge in [0.15, 0.2) is 0 Å². The summed E-state index contributed by atoms with van der Waals surface area (Å²) in [6.07, 6.45) is 13.0. The van der Waals surface area contributed by atoms with Crippen LogP contribution in [0.5, 0.6) is 0 Å². The summed E-state index contributed by atoms with van der Waals surface area (Å²) < 4.78 is 3.67. The fourth-order valence-corrected chi connectivity index (χ4v) is 4.03. The van der Waals surface area contributed by atoms with E-state index in [4.69, 9.17) is 4.98 Å². The van der Waals surface area contributed by atoms with Gasteiger partial charge in [-0.2, -0.15) is 10.2 Å². The normalized spacial score (nSPS) is 19.9. The molecule has 1 amide bonds. The van der Waals surface area contributed by atoms with E-state index in [-0.39, 0.29) is 11.9 Å². The maximum atomic E-state index is 12.0. The number of fused-ring (bicyclic) bond motifs is 1. The summed E-state index contributed by atoms with van der Waals surface area (Å²) in [7, 11) is 3.76. The molecule has 4 rings (SSSR count). The van der Waals surface area contributed by atoms with E-state index in [1.54, 1.807) is 10.9 Å². The minimum Gasteiger partial charge on any atom is -0.339 e. The topological polar surface area (TPSA) is 68.3 Å². The zero-order chi connectivity index (χ0) is 19.0. The van der Waals surface area contributed by atoms with E-state index >= 15 is 0 Å². The molecule has 3 aromatic heterocycles. The molecule has 0 aromatic carbocycles. The summed E-state index contributed by atoms with van der Waals surface area (Å²) in [5, 5.41) is 8.69. The number of rotatable bonds is 4. The molecule has 0 saturated heterocycles. The molecule has 0 unspecified atom stereocenters. The molecule has 1 aliphatic carbocycles. The lowest BCUT2D eigenvalue weighted by atomic mass is 9.82. The Balaban J connectivity index is 1.71. The van der Waals surface area contributed by atoms with Gasteiger partial charge in [-0.05, 0) is 31.4 Å². The van der Waals surface area contributed by atoms with Crippen LogP contribution >= 0.6 is 0 Å². The molecular weight excluding hydrogens is 340 g/mol. The van der Waals surface area contributed by atoms with E-state index in [1.165, 1.54) is 6.08 Å². The number of likely N-dealkylation sites (N-methyl/N-ethyl adjacent to an activating group) is 1. The third-order valence-corrected chi connectivity index (χ3v) is 5.52. The van der Waals surface area contributed by atoms with Crippen LogP contribution in [0.4, 0.5) is 0 Å². The standard InChI is InChI=1S/C20H24N6O/c1-4-19(27)25(3)16-7-5-6-14(10-16)20-18-8-9-21-26(18)13-17(23-20)15-11-22-24(2)12-15/h4,8-9,11-14,16H,1,5-7,10H2,2-3H3/t14-,16+/m0/s1. The molecule has 0 radical (unpaired) electrons. The molecule has 0 N–H and O–H groups in total. The van der Waals surface area contributed by atoms with Crippen molar-refractivity contribution in [3.63, 3.8) is 0 Å². The lowest BCUT2D eigenvalue weighted by Gasteiger charge is -2.35. The van der Waals surface area contributed by atoms with Gasteiger partial charge in [-0.25, -0.2) is 9.50 Å². The molecule has 0 spiro atoms. The fraction of sp³-hybridized carbons (Fsp3) is 0.400. The summed E-state index contributed by atoms with van der Waals surface area (Å²) in [5.41, 5.74) is 3.93. The summed E-state index contributed by atoms with van der Waals surface area (Å²) >= 11 is 0. The molecule has 1 fully saturated rings. The van der Waals surface area contributed by atoms with E-state index in [0.29, 0.717) is 5.92 Å². The number of amides is 1. The number of hydrogen-bond donors (Lipinski definition) is 0. The van der Waals surface area contributed by atoms with E-state index in [1.807, 2.05) is 48.2 Å². The fourth-order valence-electron chi connectivity index (χ4n) is 4.03. The number of aryl methyl sites for hydroxylation is 1. The first-order valence-corrected chi connectivity index (χ1v) is 9.29. The third-order valence-electron chi connectivity index (χ3n) is 5.52. The highest BCUT2D eigenvalue weighted by molar-refractivity contribution is 5.87. The Morgan fingerprint density at radius 1 is 1.33 bits per heavy atom. The van der Waals surface area contributed by atoms with Crippen LogP contribution in [0.3, 0.4) is 0 Å². The van der Waals surface area contributed by atoms with Crippen molar-refractivity contribution in [1.82, 2.24) is 29.3 Å². The van der Waals surface area contributed by atoms with Gasteiger partial charge >= 0.3 is 0 Å². The lowest BCUT2D eigenvalue weighted by Crippen LogP contribution is -2.39. The Kier molecular flexibility index (Phi) is 4.51. The zero-order valence-electron chi connectivity index (χ0n) is 15.7. The van der Waals surface area contributed by atoms with Crippen LogP contribution < -0.4 is 0 Å². The van der Waals surface area contributed by atoms with Gasteiger partial charge in [0, 0.05) is 37.8 Å². The minimum atomic E-state index is -0.0211. The van der Waals surface area contributed by atoms with Crippen LogP contribution in [-0.4, -0.2) is 48.3 Å². The molecule has 3 aromatic rings. The van der Waals surface area contributed by atoms with Gasteiger partial charge in [-0.15, -0.1) is 0 Å². The van der Waals surface area contributed by atoms with Crippen LogP contribution in [0.1, 0.15) is 37.3 Å². The Morgan fingerprint density at radius 3 is 2.93 bits per heavy atom. The van der Waals surface area contributed by atoms with Crippen molar-refractivity contribution >= 4 is 11.4 Å². The highest BCUT2D eigenvalue weighted by Gasteiger charge is 2.30.